The monoisotopic (exact) mass is 415 g/mol. The Bertz CT molecular complexity index is 1100. The first-order valence-corrected chi connectivity index (χ1v) is 9.32. The molecule has 156 valence electrons. The molecule has 30 heavy (non-hydrogen) atoms. The fourth-order valence-corrected chi connectivity index (χ4v) is 3.35. The Morgan fingerprint density at radius 1 is 1.27 bits per heavy atom. The first-order valence-electron chi connectivity index (χ1n) is 9.32. The van der Waals surface area contributed by atoms with E-state index in [1.807, 2.05) is 25.2 Å². The van der Waals surface area contributed by atoms with Crippen LogP contribution in [0.1, 0.15) is 37.1 Å². The molecule has 1 heterocycles. The van der Waals surface area contributed by atoms with Gasteiger partial charge in [-0.15, -0.1) is 0 Å². The Morgan fingerprint density at radius 2 is 2.00 bits per heavy atom. The highest BCUT2D eigenvalue weighted by Gasteiger charge is 2.35. The molecule has 8 heteroatoms. The van der Waals surface area contributed by atoms with Gasteiger partial charge in [-0.25, -0.2) is 0 Å². The summed E-state index contributed by atoms with van der Waals surface area (Å²) in [4.78, 5) is 2.81. The van der Waals surface area contributed by atoms with Gasteiger partial charge in [0, 0.05) is 17.3 Å². The maximum absolute atomic E-state index is 13.2. The molecule has 0 saturated carbocycles. The molecule has 0 spiro atoms. The van der Waals surface area contributed by atoms with Gasteiger partial charge in [0.2, 0.25) is 0 Å². The fourth-order valence-electron chi connectivity index (χ4n) is 3.35. The molecule has 2 aromatic rings. The van der Waals surface area contributed by atoms with Crippen LogP contribution in [0.2, 0.25) is 0 Å². The van der Waals surface area contributed by atoms with Crippen molar-refractivity contribution in [3.8, 4) is 12.1 Å². The van der Waals surface area contributed by atoms with E-state index in [4.69, 9.17) is 15.3 Å². The van der Waals surface area contributed by atoms with Crippen molar-refractivity contribution in [2.75, 3.05) is 6.61 Å². The molecule has 1 aliphatic rings. The number of aromatic nitrogens is 1. The third-order valence-electron chi connectivity index (χ3n) is 5.13. The molecule has 3 unspecified atom stereocenters. The van der Waals surface area contributed by atoms with Crippen LogP contribution in [0, 0.1) is 34.5 Å². The molecule has 1 aromatic carbocycles. The molecule has 0 fully saturated rings. The minimum absolute atomic E-state index is 0.0491. The lowest BCUT2D eigenvalue weighted by molar-refractivity contribution is -0.137. The van der Waals surface area contributed by atoms with E-state index >= 15 is 0 Å². The first-order chi connectivity index (χ1) is 14.0. The van der Waals surface area contributed by atoms with Gasteiger partial charge in [-0.05, 0) is 37.1 Å². The number of alkyl halides is 3. The minimum atomic E-state index is -4.66. The summed E-state index contributed by atoms with van der Waals surface area (Å²) in [6, 6.07) is 7.31. The summed E-state index contributed by atoms with van der Waals surface area (Å²) in [7, 11) is 0. The molecule has 2 N–H and O–H groups in total. The molecule has 0 saturated heterocycles. The number of nitriles is 2. The van der Waals surface area contributed by atoms with Crippen molar-refractivity contribution in [3.63, 3.8) is 0 Å². The van der Waals surface area contributed by atoms with Crippen molar-refractivity contribution in [2.24, 2.45) is 11.8 Å². The average molecular weight is 415 g/mol. The van der Waals surface area contributed by atoms with Gasteiger partial charge in [-0.2, -0.15) is 23.7 Å². The average Bonchev–Trinajstić information content (AvgIpc) is 3.02. The third kappa shape index (κ3) is 4.34. The van der Waals surface area contributed by atoms with Crippen molar-refractivity contribution in [1.82, 2.24) is 4.98 Å². The molecular formula is C22H20F3N3O2. The Labute approximate surface area is 171 Å². The number of allylic oxidation sites excluding steroid dienone is 3. The van der Waals surface area contributed by atoms with Crippen molar-refractivity contribution < 1.29 is 23.0 Å². The summed E-state index contributed by atoms with van der Waals surface area (Å²) in [5, 5.41) is 29.5. The summed E-state index contributed by atoms with van der Waals surface area (Å²) in [5.74, 6) is 0.309. The number of fused-ring (bicyclic) bond motifs is 1. The second kappa shape index (κ2) is 7.89. The van der Waals surface area contributed by atoms with Gasteiger partial charge in [-0.3, -0.25) is 0 Å². The maximum Gasteiger partial charge on any atom is 0.417 e. The number of ether oxygens (including phenoxy) is 1. The fraction of sp³-hybridized carbons (Fsp3) is 0.364. The molecule has 1 aromatic heterocycles. The van der Waals surface area contributed by atoms with Crippen LogP contribution in [0.25, 0.3) is 10.9 Å². The minimum Gasteiger partial charge on any atom is -0.495 e. The smallest absolute Gasteiger partial charge is 0.417 e. The second-order valence-electron chi connectivity index (χ2n) is 7.62. The zero-order valence-electron chi connectivity index (χ0n) is 16.4. The van der Waals surface area contributed by atoms with Crippen LogP contribution in [0.3, 0.4) is 0 Å². The van der Waals surface area contributed by atoms with Crippen molar-refractivity contribution in [3.05, 3.63) is 59.0 Å². The van der Waals surface area contributed by atoms with E-state index in [1.165, 1.54) is 13.0 Å². The number of hydrogen-bond donors (Lipinski definition) is 2. The lowest BCUT2D eigenvalue weighted by atomic mass is 9.96. The third-order valence-corrected chi connectivity index (χ3v) is 5.13. The van der Waals surface area contributed by atoms with E-state index in [0.717, 1.165) is 12.1 Å². The van der Waals surface area contributed by atoms with Gasteiger partial charge in [0.1, 0.15) is 12.2 Å². The van der Waals surface area contributed by atoms with Crippen LogP contribution in [0.4, 0.5) is 13.2 Å². The van der Waals surface area contributed by atoms with E-state index in [2.05, 4.69) is 11.1 Å². The maximum atomic E-state index is 13.2. The Hall–Kier alpha value is -3.23. The SMILES string of the molecule is CC1C=C(OCC(C)(O)c2cc3cc(C#N)c(C(F)(F)F)cc3[nH]2)CC=CC1C#N. The van der Waals surface area contributed by atoms with E-state index in [-0.39, 0.29) is 29.7 Å². The number of halogens is 3. The lowest BCUT2D eigenvalue weighted by Gasteiger charge is -2.23. The lowest BCUT2D eigenvalue weighted by Crippen LogP contribution is -2.28. The molecule has 5 nitrogen and oxygen atoms in total. The molecular weight excluding hydrogens is 395 g/mol. The highest BCUT2D eigenvalue weighted by molar-refractivity contribution is 5.83. The second-order valence-corrected chi connectivity index (χ2v) is 7.62. The van der Waals surface area contributed by atoms with Gasteiger partial charge in [0.15, 0.2) is 0 Å². The zero-order chi connectivity index (χ0) is 22.1. The largest absolute Gasteiger partial charge is 0.495 e. The summed E-state index contributed by atoms with van der Waals surface area (Å²) < 4.78 is 45.3. The van der Waals surface area contributed by atoms with E-state index in [0.29, 0.717) is 17.6 Å². The molecule has 3 atom stereocenters. The van der Waals surface area contributed by atoms with Gasteiger partial charge in [-0.1, -0.05) is 19.1 Å². The Kier molecular flexibility index (Phi) is 5.65. The quantitative estimate of drug-likeness (QED) is 0.695. The number of hydrogen-bond acceptors (Lipinski definition) is 4. The first kappa shape index (κ1) is 21.5. The van der Waals surface area contributed by atoms with Crippen LogP contribution in [-0.4, -0.2) is 16.7 Å². The molecule has 0 aliphatic heterocycles. The molecule has 3 rings (SSSR count). The number of aromatic amines is 1. The summed E-state index contributed by atoms with van der Waals surface area (Å²) >= 11 is 0. The van der Waals surface area contributed by atoms with Crippen molar-refractivity contribution >= 4 is 10.9 Å². The topological polar surface area (TPSA) is 92.8 Å². The van der Waals surface area contributed by atoms with Crippen molar-refractivity contribution in [2.45, 2.75) is 32.0 Å². The van der Waals surface area contributed by atoms with Crippen LogP contribution in [-0.2, 0) is 16.5 Å². The van der Waals surface area contributed by atoms with Crippen LogP contribution in [0.5, 0.6) is 0 Å². The standard InChI is InChI=1S/C22H20F3N3O2/c1-13-6-17(5-3-4-14(13)10-26)30-12-21(2,29)20-8-15-7-16(11-27)18(22(23,24)25)9-19(15)28-20/h3-4,6-9,13-14,28-29H,5,12H2,1-2H3. The number of nitrogens with one attached hydrogen (secondary N) is 1. The van der Waals surface area contributed by atoms with Gasteiger partial charge in [0.25, 0.3) is 0 Å². The van der Waals surface area contributed by atoms with Crippen LogP contribution >= 0.6 is 0 Å². The predicted molar refractivity (Wildman–Crippen MR) is 104 cm³/mol. The van der Waals surface area contributed by atoms with Crippen molar-refractivity contribution in [1.29, 1.82) is 10.5 Å². The number of nitrogens with zero attached hydrogens (tertiary/aromatic N) is 2. The molecule has 1 aliphatic carbocycles. The van der Waals surface area contributed by atoms with Gasteiger partial charge in [0.05, 0.1) is 40.6 Å². The Balaban J connectivity index is 1.85. The summed E-state index contributed by atoms with van der Waals surface area (Å²) in [6.45, 7) is 3.25. The number of H-pyrrole nitrogens is 1. The number of rotatable bonds is 4. The van der Waals surface area contributed by atoms with E-state index in [1.54, 1.807) is 6.07 Å². The number of aliphatic hydroxyl groups is 1. The molecule has 0 amide bonds. The predicted octanol–water partition coefficient (Wildman–Crippen LogP) is 4.90. The highest BCUT2D eigenvalue weighted by atomic mass is 19.4. The zero-order valence-corrected chi connectivity index (χ0v) is 16.4. The van der Waals surface area contributed by atoms with Gasteiger partial charge < -0.3 is 14.8 Å². The van der Waals surface area contributed by atoms with E-state index < -0.39 is 22.9 Å². The number of benzene rings is 1. The van der Waals surface area contributed by atoms with Crippen LogP contribution in [0.15, 0.2) is 42.2 Å². The molecule has 0 bridgehead atoms. The van der Waals surface area contributed by atoms with E-state index in [9.17, 15) is 18.3 Å². The summed E-state index contributed by atoms with van der Waals surface area (Å²) in [6.07, 6.45) is 1.31. The normalized spacial score (nSPS) is 21.3. The Morgan fingerprint density at radius 3 is 2.63 bits per heavy atom. The van der Waals surface area contributed by atoms with Crippen LogP contribution < -0.4 is 0 Å². The highest BCUT2D eigenvalue weighted by Crippen LogP contribution is 2.35. The molecule has 0 radical (unpaired) electrons. The van der Waals surface area contributed by atoms with Gasteiger partial charge >= 0.3 is 6.18 Å². The summed E-state index contributed by atoms with van der Waals surface area (Å²) in [5.41, 5.74) is -2.59.